The van der Waals surface area contributed by atoms with Gasteiger partial charge in [0.1, 0.15) is 0 Å². The first-order chi connectivity index (χ1) is 5.27. The summed E-state index contributed by atoms with van der Waals surface area (Å²) in [4.78, 5) is -3.46. The highest BCUT2D eigenvalue weighted by Gasteiger charge is 2.53. The van der Waals surface area contributed by atoms with Crippen LogP contribution in [0, 0.1) is 0 Å². The SMILES string of the molecule is COC(OC)C(C)(O)C(F)(F)Br. The first-order valence-electron chi connectivity index (χ1n) is 3.12. The molecule has 0 bridgehead atoms. The average molecular weight is 249 g/mol. The van der Waals surface area contributed by atoms with E-state index in [1.54, 1.807) is 0 Å². The number of hydrogen-bond donors (Lipinski definition) is 1. The van der Waals surface area contributed by atoms with E-state index in [-0.39, 0.29) is 0 Å². The summed E-state index contributed by atoms with van der Waals surface area (Å²) in [7, 11) is 2.34. The lowest BCUT2D eigenvalue weighted by Gasteiger charge is -2.33. The molecule has 12 heavy (non-hydrogen) atoms. The largest absolute Gasteiger partial charge is 0.378 e. The second-order valence-electron chi connectivity index (χ2n) is 2.45. The van der Waals surface area contributed by atoms with Crippen LogP contribution in [0.3, 0.4) is 0 Å². The van der Waals surface area contributed by atoms with Gasteiger partial charge in [0.05, 0.1) is 0 Å². The molecule has 0 aliphatic carbocycles. The van der Waals surface area contributed by atoms with Crippen molar-refractivity contribution in [1.82, 2.24) is 0 Å². The molecule has 0 aliphatic rings. The molecule has 0 heterocycles. The lowest BCUT2D eigenvalue weighted by molar-refractivity contribution is -0.256. The van der Waals surface area contributed by atoms with Crippen LogP contribution in [0.25, 0.3) is 0 Å². The molecular weight excluding hydrogens is 238 g/mol. The number of aliphatic hydroxyl groups is 1. The van der Waals surface area contributed by atoms with Crippen molar-refractivity contribution >= 4 is 15.9 Å². The van der Waals surface area contributed by atoms with E-state index in [1.165, 1.54) is 14.2 Å². The van der Waals surface area contributed by atoms with Gasteiger partial charge in [0, 0.05) is 14.2 Å². The van der Waals surface area contributed by atoms with Crippen LogP contribution >= 0.6 is 15.9 Å². The Labute approximate surface area is 77.8 Å². The van der Waals surface area contributed by atoms with E-state index in [2.05, 4.69) is 9.47 Å². The zero-order valence-electron chi connectivity index (χ0n) is 6.97. The Balaban J connectivity index is 4.57. The van der Waals surface area contributed by atoms with Gasteiger partial charge in [-0.1, -0.05) is 0 Å². The van der Waals surface area contributed by atoms with Crippen molar-refractivity contribution in [3.63, 3.8) is 0 Å². The zero-order chi connectivity index (χ0) is 9.99. The molecule has 0 aromatic rings. The van der Waals surface area contributed by atoms with Gasteiger partial charge >= 0.3 is 4.83 Å². The van der Waals surface area contributed by atoms with E-state index < -0.39 is 16.7 Å². The molecule has 6 heteroatoms. The van der Waals surface area contributed by atoms with Gasteiger partial charge in [-0.2, -0.15) is 8.78 Å². The molecule has 0 radical (unpaired) electrons. The predicted molar refractivity (Wildman–Crippen MR) is 42.3 cm³/mol. The smallest absolute Gasteiger partial charge is 0.334 e. The number of hydrogen-bond acceptors (Lipinski definition) is 3. The average Bonchev–Trinajstić information content (AvgIpc) is 1.87. The highest BCUT2D eigenvalue weighted by molar-refractivity contribution is 9.10. The summed E-state index contributed by atoms with van der Waals surface area (Å²) in [5.74, 6) is 0. The molecule has 0 aromatic heterocycles. The summed E-state index contributed by atoms with van der Waals surface area (Å²) in [6.07, 6.45) is -1.38. The number of alkyl halides is 3. The lowest BCUT2D eigenvalue weighted by atomic mass is 10.1. The van der Waals surface area contributed by atoms with Gasteiger partial charge in [-0.3, -0.25) is 0 Å². The molecule has 1 unspecified atom stereocenters. The fourth-order valence-electron chi connectivity index (χ4n) is 0.689. The third-order valence-corrected chi connectivity index (χ3v) is 2.26. The van der Waals surface area contributed by atoms with E-state index in [0.29, 0.717) is 0 Å². The van der Waals surface area contributed by atoms with Crippen LogP contribution in [0.5, 0.6) is 0 Å². The maximum absolute atomic E-state index is 12.6. The molecule has 0 aliphatic heterocycles. The highest BCUT2D eigenvalue weighted by Crippen LogP contribution is 2.37. The molecule has 74 valence electrons. The van der Waals surface area contributed by atoms with Gasteiger partial charge in [-0.15, -0.1) is 0 Å². The Morgan fingerprint density at radius 1 is 1.33 bits per heavy atom. The van der Waals surface area contributed by atoms with Crippen molar-refractivity contribution in [3.8, 4) is 0 Å². The topological polar surface area (TPSA) is 38.7 Å². The summed E-state index contributed by atoms with van der Waals surface area (Å²) >= 11 is 2.04. The van der Waals surface area contributed by atoms with Crippen molar-refractivity contribution in [2.75, 3.05) is 14.2 Å². The minimum absolute atomic E-state index is 0.916. The van der Waals surface area contributed by atoms with Crippen LogP contribution in [0.4, 0.5) is 8.78 Å². The molecular formula is C6H11BrF2O3. The van der Waals surface area contributed by atoms with Crippen LogP contribution < -0.4 is 0 Å². The summed E-state index contributed by atoms with van der Waals surface area (Å²) < 4.78 is 34.3. The maximum Gasteiger partial charge on any atom is 0.334 e. The van der Waals surface area contributed by atoms with E-state index in [9.17, 15) is 13.9 Å². The van der Waals surface area contributed by atoms with Crippen LogP contribution in [-0.4, -0.2) is 36.0 Å². The second kappa shape index (κ2) is 3.95. The van der Waals surface area contributed by atoms with Gasteiger partial charge in [0.15, 0.2) is 11.9 Å². The van der Waals surface area contributed by atoms with Crippen molar-refractivity contribution in [2.45, 2.75) is 23.6 Å². The molecule has 3 nitrogen and oxygen atoms in total. The summed E-state index contributed by atoms with van der Waals surface area (Å²) in [5, 5.41) is 9.26. The first kappa shape index (κ1) is 12.2. The summed E-state index contributed by atoms with van der Waals surface area (Å²) in [6, 6.07) is 0. The van der Waals surface area contributed by atoms with E-state index in [1.807, 2.05) is 15.9 Å². The predicted octanol–water partition coefficient (Wildman–Crippen LogP) is 1.34. The number of ether oxygens (including phenoxy) is 2. The fraction of sp³-hybridized carbons (Fsp3) is 1.00. The number of rotatable bonds is 4. The maximum atomic E-state index is 12.6. The minimum atomic E-state index is -3.46. The normalized spacial score (nSPS) is 18.0. The van der Waals surface area contributed by atoms with Gasteiger partial charge in [-0.25, -0.2) is 0 Å². The Bertz CT molecular complexity index is 142. The molecule has 0 fully saturated rings. The Morgan fingerprint density at radius 3 is 1.75 bits per heavy atom. The van der Waals surface area contributed by atoms with Crippen molar-refractivity contribution in [2.24, 2.45) is 0 Å². The van der Waals surface area contributed by atoms with Gasteiger partial charge < -0.3 is 14.6 Å². The van der Waals surface area contributed by atoms with E-state index >= 15 is 0 Å². The molecule has 0 saturated heterocycles. The Hall–Kier alpha value is 0.220. The number of halogens is 3. The van der Waals surface area contributed by atoms with Gasteiger partial charge in [0.25, 0.3) is 0 Å². The van der Waals surface area contributed by atoms with Crippen LogP contribution in [-0.2, 0) is 9.47 Å². The quantitative estimate of drug-likeness (QED) is 0.603. The van der Waals surface area contributed by atoms with E-state index in [4.69, 9.17) is 0 Å². The summed E-state index contributed by atoms with van der Waals surface area (Å²) in [5.41, 5.74) is -2.41. The van der Waals surface area contributed by atoms with Crippen LogP contribution in [0.1, 0.15) is 6.92 Å². The molecule has 0 amide bonds. The van der Waals surface area contributed by atoms with Crippen molar-refractivity contribution in [3.05, 3.63) is 0 Å². The van der Waals surface area contributed by atoms with Gasteiger partial charge in [-0.05, 0) is 22.9 Å². The van der Waals surface area contributed by atoms with E-state index in [0.717, 1.165) is 6.92 Å². The Morgan fingerprint density at radius 2 is 1.67 bits per heavy atom. The third-order valence-electron chi connectivity index (χ3n) is 1.46. The summed E-state index contributed by atoms with van der Waals surface area (Å²) in [6.45, 7) is 0.916. The minimum Gasteiger partial charge on any atom is -0.378 e. The molecule has 1 N–H and O–H groups in total. The molecule has 0 spiro atoms. The molecule has 0 rings (SSSR count). The Kier molecular flexibility index (Phi) is 4.02. The monoisotopic (exact) mass is 248 g/mol. The molecule has 0 saturated carbocycles. The van der Waals surface area contributed by atoms with Crippen molar-refractivity contribution in [1.29, 1.82) is 0 Å². The molecule has 1 atom stereocenters. The highest BCUT2D eigenvalue weighted by atomic mass is 79.9. The first-order valence-corrected chi connectivity index (χ1v) is 3.91. The fourth-order valence-corrected chi connectivity index (χ4v) is 0.876. The molecule has 0 aromatic carbocycles. The third kappa shape index (κ3) is 2.35. The number of methoxy groups -OCH3 is 2. The van der Waals surface area contributed by atoms with Crippen LogP contribution in [0.15, 0.2) is 0 Å². The van der Waals surface area contributed by atoms with Gasteiger partial charge in [0.2, 0.25) is 0 Å². The van der Waals surface area contributed by atoms with Crippen molar-refractivity contribution < 1.29 is 23.4 Å². The zero-order valence-corrected chi connectivity index (χ0v) is 8.56. The lowest BCUT2D eigenvalue weighted by Crippen LogP contribution is -2.52. The standard InChI is InChI=1S/C6H11BrF2O3/c1-5(10,6(7,8)9)4(11-2)12-3/h4,10H,1-3H3. The van der Waals surface area contributed by atoms with Crippen LogP contribution in [0.2, 0.25) is 0 Å². The second-order valence-corrected chi connectivity index (χ2v) is 3.44.